The van der Waals surface area contributed by atoms with Crippen LogP contribution in [0.4, 0.5) is 0 Å². The summed E-state index contributed by atoms with van der Waals surface area (Å²) in [4.78, 5) is 0. The molecule has 10 heavy (non-hydrogen) atoms. The summed E-state index contributed by atoms with van der Waals surface area (Å²) in [5.41, 5.74) is 0.605. The van der Waals surface area contributed by atoms with Crippen molar-refractivity contribution in [2.45, 2.75) is 25.9 Å². The highest BCUT2D eigenvalue weighted by molar-refractivity contribution is 7.52. The lowest BCUT2D eigenvalue weighted by Crippen LogP contribution is -1.96. The molecule has 0 aromatic carbocycles. The Morgan fingerprint density at radius 3 is 2.60 bits per heavy atom. The highest BCUT2D eigenvalue weighted by Gasteiger charge is 2.05. The standard InChI is InChI=1S/C7H14NOP/c1-7(2)10(3)9-6-4-5-8/h7H,4,6H2,1-3H3. The summed E-state index contributed by atoms with van der Waals surface area (Å²) in [7, 11) is -0.302. The number of nitriles is 1. The first kappa shape index (κ1) is 9.88. The summed E-state index contributed by atoms with van der Waals surface area (Å²) in [6.45, 7) is 6.96. The molecular formula is C7H14NOP. The minimum absolute atomic E-state index is 0.302. The molecule has 0 radical (unpaired) electrons. The molecule has 0 aliphatic rings. The van der Waals surface area contributed by atoms with E-state index >= 15 is 0 Å². The molecule has 0 aliphatic carbocycles. The average molecular weight is 159 g/mol. The summed E-state index contributed by atoms with van der Waals surface area (Å²) in [6.07, 6.45) is 0.513. The number of nitrogens with zero attached hydrogens (tertiary/aromatic N) is 1. The summed E-state index contributed by atoms with van der Waals surface area (Å²) in [5.74, 6) is 0. The van der Waals surface area contributed by atoms with E-state index in [1.807, 2.05) is 6.07 Å². The van der Waals surface area contributed by atoms with Gasteiger partial charge in [-0.25, -0.2) is 0 Å². The van der Waals surface area contributed by atoms with Crippen molar-refractivity contribution in [1.29, 1.82) is 5.26 Å². The molecule has 0 saturated carbocycles. The smallest absolute Gasteiger partial charge is 0.0646 e. The minimum atomic E-state index is -0.302. The second-order valence-electron chi connectivity index (χ2n) is 2.38. The molecular weight excluding hydrogens is 145 g/mol. The Morgan fingerprint density at radius 1 is 1.60 bits per heavy atom. The minimum Gasteiger partial charge on any atom is -0.358 e. The molecule has 0 aromatic rings. The SMILES string of the molecule is CC(C)P(C)OCCC#N. The zero-order chi connectivity index (χ0) is 7.98. The maximum Gasteiger partial charge on any atom is 0.0646 e. The van der Waals surface area contributed by atoms with E-state index in [-0.39, 0.29) is 8.15 Å². The van der Waals surface area contributed by atoms with Crippen LogP contribution >= 0.6 is 8.15 Å². The maximum absolute atomic E-state index is 8.19. The van der Waals surface area contributed by atoms with Gasteiger partial charge in [0.25, 0.3) is 0 Å². The molecule has 0 spiro atoms. The van der Waals surface area contributed by atoms with Crippen LogP contribution in [0.3, 0.4) is 0 Å². The molecule has 0 saturated heterocycles. The first-order chi connectivity index (χ1) is 4.68. The van der Waals surface area contributed by atoms with Crippen molar-refractivity contribution in [3.05, 3.63) is 0 Å². The fourth-order valence-electron chi connectivity index (χ4n) is 0.384. The molecule has 58 valence electrons. The highest BCUT2D eigenvalue weighted by atomic mass is 31.1. The van der Waals surface area contributed by atoms with Crippen molar-refractivity contribution >= 4 is 8.15 Å². The van der Waals surface area contributed by atoms with Gasteiger partial charge in [-0.3, -0.25) is 0 Å². The quantitative estimate of drug-likeness (QED) is 0.466. The van der Waals surface area contributed by atoms with Crippen LogP contribution in [0.5, 0.6) is 0 Å². The van der Waals surface area contributed by atoms with Crippen molar-refractivity contribution < 1.29 is 4.52 Å². The molecule has 0 rings (SSSR count). The van der Waals surface area contributed by atoms with Crippen molar-refractivity contribution in [3.63, 3.8) is 0 Å². The molecule has 2 nitrogen and oxygen atoms in total. The number of hydrogen-bond acceptors (Lipinski definition) is 2. The molecule has 1 atom stereocenters. The van der Waals surface area contributed by atoms with Crippen molar-refractivity contribution in [2.24, 2.45) is 0 Å². The molecule has 0 bridgehead atoms. The Morgan fingerprint density at radius 2 is 2.20 bits per heavy atom. The normalized spacial score (nSPS) is 13.1. The van der Waals surface area contributed by atoms with Gasteiger partial charge < -0.3 is 4.52 Å². The lowest BCUT2D eigenvalue weighted by Gasteiger charge is -2.14. The fourth-order valence-corrected chi connectivity index (χ4v) is 1.06. The Balaban J connectivity index is 3.23. The molecule has 0 aromatic heterocycles. The lowest BCUT2D eigenvalue weighted by atomic mass is 10.5. The summed E-state index contributed by atoms with van der Waals surface area (Å²) >= 11 is 0. The zero-order valence-electron chi connectivity index (χ0n) is 6.79. The van der Waals surface area contributed by atoms with Crippen LogP contribution in [0.2, 0.25) is 0 Å². The second-order valence-corrected chi connectivity index (χ2v) is 4.76. The summed E-state index contributed by atoms with van der Waals surface area (Å²) < 4.78 is 5.39. The molecule has 0 fully saturated rings. The van der Waals surface area contributed by atoms with Gasteiger partial charge in [-0.05, 0) is 12.3 Å². The topological polar surface area (TPSA) is 33.0 Å². The average Bonchev–Trinajstić information content (AvgIpc) is 1.88. The lowest BCUT2D eigenvalue weighted by molar-refractivity contribution is 0.361. The first-order valence-electron chi connectivity index (χ1n) is 3.41. The van der Waals surface area contributed by atoms with E-state index in [9.17, 15) is 0 Å². The van der Waals surface area contributed by atoms with Gasteiger partial charge in [0.15, 0.2) is 0 Å². The van der Waals surface area contributed by atoms with E-state index in [4.69, 9.17) is 9.79 Å². The molecule has 0 heterocycles. The third-order valence-corrected chi connectivity index (χ3v) is 3.28. The Kier molecular flexibility index (Phi) is 5.58. The first-order valence-corrected chi connectivity index (χ1v) is 5.18. The van der Waals surface area contributed by atoms with Crippen LogP contribution in [0.15, 0.2) is 0 Å². The van der Waals surface area contributed by atoms with Crippen molar-refractivity contribution in [2.75, 3.05) is 13.3 Å². The Bertz CT molecular complexity index is 119. The zero-order valence-corrected chi connectivity index (χ0v) is 7.69. The second kappa shape index (κ2) is 5.65. The van der Waals surface area contributed by atoms with E-state index < -0.39 is 0 Å². The van der Waals surface area contributed by atoms with Crippen LogP contribution in [0.25, 0.3) is 0 Å². The van der Waals surface area contributed by atoms with Gasteiger partial charge in [0.1, 0.15) is 0 Å². The van der Waals surface area contributed by atoms with E-state index in [2.05, 4.69) is 20.5 Å². The van der Waals surface area contributed by atoms with Gasteiger partial charge in [0, 0.05) is 8.15 Å². The molecule has 0 N–H and O–H groups in total. The highest BCUT2D eigenvalue weighted by Crippen LogP contribution is 2.37. The number of hydrogen-bond donors (Lipinski definition) is 0. The largest absolute Gasteiger partial charge is 0.358 e. The fraction of sp³-hybridized carbons (Fsp3) is 0.857. The molecule has 0 amide bonds. The van der Waals surface area contributed by atoms with Crippen molar-refractivity contribution in [3.8, 4) is 6.07 Å². The van der Waals surface area contributed by atoms with Gasteiger partial charge in [-0.15, -0.1) is 0 Å². The van der Waals surface area contributed by atoms with Gasteiger partial charge in [-0.2, -0.15) is 5.26 Å². The van der Waals surface area contributed by atoms with Gasteiger partial charge in [0.2, 0.25) is 0 Å². The van der Waals surface area contributed by atoms with Gasteiger partial charge in [-0.1, -0.05) is 13.8 Å². The third-order valence-electron chi connectivity index (χ3n) is 1.24. The van der Waals surface area contributed by atoms with Crippen LogP contribution in [0.1, 0.15) is 20.3 Å². The van der Waals surface area contributed by atoms with Crippen LogP contribution in [0, 0.1) is 11.3 Å². The molecule has 1 unspecified atom stereocenters. The van der Waals surface area contributed by atoms with Crippen LogP contribution < -0.4 is 0 Å². The Labute approximate surface area is 64.0 Å². The number of rotatable bonds is 4. The maximum atomic E-state index is 8.19. The van der Waals surface area contributed by atoms with Crippen LogP contribution in [-0.4, -0.2) is 18.9 Å². The van der Waals surface area contributed by atoms with Crippen LogP contribution in [-0.2, 0) is 4.52 Å². The van der Waals surface area contributed by atoms with E-state index in [0.29, 0.717) is 18.7 Å². The molecule has 3 heteroatoms. The van der Waals surface area contributed by atoms with E-state index in [1.165, 1.54) is 0 Å². The predicted octanol–water partition coefficient (Wildman–Crippen LogP) is 2.35. The van der Waals surface area contributed by atoms with Crippen molar-refractivity contribution in [1.82, 2.24) is 0 Å². The van der Waals surface area contributed by atoms with Gasteiger partial charge >= 0.3 is 0 Å². The summed E-state index contributed by atoms with van der Waals surface area (Å²) in [6, 6.07) is 2.05. The van der Waals surface area contributed by atoms with Gasteiger partial charge in [0.05, 0.1) is 19.1 Å². The van der Waals surface area contributed by atoms with E-state index in [0.717, 1.165) is 0 Å². The van der Waals surface area contributed by atoms with E-state index in [1.54, 1.807) is 0 Å². The third kappa shape index (κ3) is 4.73. The predicted molar refractivity (Wildman–Crippen MR) is 44.2 cm³/mol. The monoisotopic (exact) mass is 159 g/mol. The summed E-state index contributed by atoms with van der Waals surface area (Å²) in [5, 5.41) is 8.19. The Hall–Kier alpha value is -0.120. The molecule has 0 aliphatic heterocycles.